The Bertz CT molecular complexity index is 1520. The van der Waals surface area contributed by atoms with Crippen LogP contribution < -0.4 is 14.4 Å². The van der Waals surface area contributed by atoms with E-state index in [0.29, 0.717) is 16.3 Å². The van der Waals surface area contributed by atoms with Crippen LogP contribution in [0.15, 0.2) is 66.7 Å². The Morgan fingerprint density at radius 3 is 2.17 bits per heavy atom. The third-order valence-corrected chi connectivity index (χ3v) is 8.09. The van der Waals surface area contributed by atoms with Crippen molar-refractivity contribution in [1.82, 2.24) is 9.47 Å². The minimum atomic E-state index is -0.176. The van der Waals surface area contributed by atoms with Crippen LogP contribution in [0.4, 0.5) is 5.69 Å². The van der Waals surface area contributed by atoms with Gasteiger partial charge in [-0.2, -0.15) is 0 Å². The van der Waals surface area contributed by atoms with Gasteiger partial charge in [0, 0.05) is 33.4 Å². The van der Waals surface area contributed by atoms with Gasteiger partial charge in [0.1, 0.15) is 11.5 Å². The van der Waals surface area contributed by atoms with Gasteiger partial charge in [-0.1, -0.05) is 11.6 Å². The van der Waals surface area contributed by atoms with Gasteiger partial charge in [0.25, 0.3) is 5.91 Å². The molecule has 0 spiro atoms. The zero-order valence-electron chi connectivity index (χ0n) is 23.3. The van der Waals surface area contributed by atoms with E-state index < -0.39 is 0 Å². The summed E-state index contributed by atoms with van der Waals surface area (Å²) in [6.45, 7) is 3.75. The number of likely N-dealkylation sites (tertiary alicyclic amines) is 1. The molecule has 1 aliphatic rings. The molecule has 2 heterocycles. The van der Waals surface area contributed by atoms with E-state index in [1.165, 1.54) is 0 Å². The largest absolute Gasteiger partial charge is 0.497 e. The van der Waals surface area contributed by atoms with Crippen LogP contribution in [0.5, 0.6) is 11.5 Å². The molecule has 0 aliphatic carbocycles. The SMILES string of the molecule is COc1ccc(N(C(=O)Cc2c(C)n(C(=O)c3ccc(Cl)cc3)c3ccc(OC)cc23)C2CCN(C)CC2)cc1. The van der Waals surface area contributed by atoms with Crippen molar-refractivity contribution in [2.24, 2.45) is 0 Å². The molecule has 0 atom stereocenters. The van der Waals surface area contributed by atoms with E-state index in [2.05, 4.69) is 11.9 Å². The Balaban J connectivity index is 1.57. The molecule has 8 heteroatoms. The number of nitrogens with zero attached hydrogens (tertiary/aromatic N) is 3. The number of fused-ring (bicyclic) bond motifs is 1. The maximum atomic E-state index is 14.2. The third-order valence-electron chi connectivity index (χ3n) is 7.84. The van der Waals surface area contributed by atoms with E-state index in [1.54, 1.807) is 43.1 Å². The predicted octanol–water partition coefficient (Wildman–Crippen LogP) is 5.98. The Kier molecular flexibility index (Phi) is 8.14. The number of carbonyl (C=O) groups excluding carboxylic acids is 2. The van der Waals surface area contributed by atoms with E-state index in [0.717, 1.165) is 59.5 Å². The number of hydrogen-bond donors (Lipinski definition) is 0. The Hall–Kier alpha value is -3.81. The first-order chi connectivity index (χ1) is 19.3. The summed E-state index contributed by atoms with van der Waals surface area (Å²) < 4.78 is 12.6. The van der Waals surface area contributed by atoms with Crippen LogP contribution in [-0.2, 0) is 11.2 Å². The molecule has 0 N–H and O–H groups in total. The first-order valence-electron chi connectivity index (χ1n) is 13.4. The lowest BCUT2D eigenvalue weighted by Gasteiger charge is -2.37. The van der Waals surface area contributed by atoms with Crippen molar-refractivity contribution in [3.63, 3.8) is 0 Å². The number of aromatic nitrogens is 1. The van der Waals surface area contributed by atoms with Gasteiger partial charge in [0.05, 0.1) is 26.2 Å². The van der Waals surface area contributed by atoms with Gasteiger partial charge in [-0.25, -0.2) is 0 Å². The molecule has 1 amide bonds. The second-order valence-electron chi connectivity index (χ2n) is 10.3. The molecule has 208 valence electrons. The van der Waals surface area contributed by atoms with Crippen molar-refractivity contribution >= 4 is 40.0 Å². The quantitative estimate of drug-likeness (QED) is 0.279. The fourth-order valence-electron chi connectivity index (χ4n) is 5.59. The smallest absolute Gasteiger partial charge is 0.262 e. The number of methoxy groups -OCH3 is 2. The van der Waals surface area contributed by atoms with Gasteiger partial charge in [0.15, 0.2) is 0 Å². The molecular formula is C32H34ClN3O4. The van der Waals surface area contributed by atoms with Gasteiger partial charge < -0.3 is 19.3 Å². The molecule has 0 bridgehead atoms. The summed E-state index contributed by atoms with van der Waals surface area (Å²) in [7, 11) is 5.35. The number of halogens is 1. The molecule has 40 heavy (non-hydrogen) atoms. The minimum absolute atomic E-state index is 0.0105. The van der Waals surface area contributed by atoms with Crippen LogP contribution in [0.25, 0.3) is 10.9 Å². The first-order valence-corrected chi connectivity index (χ1v) is 13.8. The highest BCUT2D eigenvalue weighted by atomic mass is 35.5. The van der Waals surface area contributed by atoms with E-state index in [4.69, 9.17) is 21.1 Å². The summed E-state index contributed by atoms with van der Waals surface area (Å²) in [4.78, 5) is 32.2. The average Bonchev–Trinajstić information content (AvgIpc) is 3.24. The predicted molar refractivity (Wildman–Crippen MR) is 159 cm³/mol. The molecule has 7 nitrogen and oxygen atoms in total. The zero-order chi connectivity index (χ0) is 28.4. The maximum Gasteiger partial charge on any atom is 0.262 e. The van der Waals surface area contributed by atoms with Gasteiger partial charge in [0.2, 0.25) is 5.91 Å². The van der Waals surface area contributed by atoms with Gasteiger partial charge >= 0.3 is 0 Å². The van der Waals surface area contributed by atoms with Gasteiger partial charge in [-0.05, 0) is 112 Å². The molecule has 0 radical (unpaired) electrons. The van der Waals surface area contributed by atoms with Crippen LogP contribution in [0.1, 0.15) is 34.5 Å². The highest BCUT2D eigenvalue weighted by Crippen LogP contribution is 2.33. The highest BCUT2D eigenvalue weighted by Gasteiger charge is 2.30. The lowest BCUT2D eigenvalue weighted by atomic mass is 10.00. The molecular weight excluding hydrogens is 526 g/mol. The minimum Gasteiger partial charge on any atom is -0.497 e. The molecule has 1 saturated heterocycles. The van der Waals surface area contributed by atoms with Crippen LogP contribution in [0.3, 0.4) is 0 Å². The Morgan fingerprint density at radius 1 is 0.925 bits per heavy atom. The highest BCUT2D eigenvalue weighted by molar-refractivity contribution is 6.30. The van der Waals surface area contributed by atoms with E-state index in [-0.39, 0.29) is 24.3 Å². The molecule has 4 aromatic rings. The van der Waals surface area contributed by atoms with Gasteiger partial charge in [-0.15, -0.1) is 0 Å². The zero-order valence-corrected chi connectivity index (χ0v) is 24.1. The lowest BCUT2D eigenvalue weighted by Crippen LogP contribution is -2.47. The monoisotopic (exact) mass is 559 g/mol. The van der Waals surface area contributed by atoms with Crippen molar-refractivity contribution in [3.05, 3.63) is 88.6 Å². The topological polar surface area (TPSA) is 64.0 Å². The number of hydrogen-bond acceptors (Lipinski definition) is 5. The molecule has 3 aromatic carbocycles. The fourth-order valence-corrected chi connectivity index (χ4v) is 5.71. The number of anilines is 1. The molecule has 1 fully saturated rings. The molecule has 0 saturated carbocycles. The van der Waals surface area contributed by atoms with Crippen molar-refractivity contribution in [2.75, 3.05) is 39.3 Å². The van der Waals surface area contributed by atoms with E-state index in [9.17, 15) is 9.59 Å². The number of ether oxygens (including phenoxy) is 2. The molecule has 1 aromatic heterocycles. The molecule has 1 aliphatic heterocycles. The fraction of sp³-hybridized carbons (Fsp3) is 0.312. The van der Waals surface area contributed by atoms with E-state index in [1.807, 2.05) is 54.3 Å². The average molecular weight is 560 g/mol. The number of benzene rings is 3. The summed E-state index contributed by atoms with van der Waals surface area (Å²) in [6, 6.07) is 20.2. The lowest BCUT2D eigenvalue weighted by molar-refractivity contribution is -0.118. The second-order valence-corrected chi connectivity index (χ2v) is 10.7. The molecule has 5 rings (SSSR count). The number of rotatable bonds is 7. The van der Waals surface area contributed by atoms with Crippen molar-refractivity contribution in [2.45, 2.75) is 32.2 Å². The van der Waals surface area contributed by atoms with Crippen LogP contribution in [-0.4, -0.2) is 61.7 Å². The summed E-state index contributed by atoms with van der Waals surface area (Å²) in [5, 5.41) is 1.39. The summed E-state index contributed by atoms with van der Waals surface area (Å²) in [5.41, 5.74) is 3.64. The summed E-state index contributed by atoms with van der Waals surface area (Å²) in [6.07, 6.45) is 1.92. The second kappa shape index (κ2) is 11.7. The van der Waals surface area contributed by atoms with Crippen LogP contribution >= 0.6 is 11.6 Å². The maximum absolute atomic E-state index is 14.2. The van der Waals surface area contributed by atoms with Crippen molar-refractivity contribution in [1.29, 1.82) is 0 Å². The standard InChI is InChI=1S/C32H34ClN3O4/c1-21-28(20-31(37)36(25-15-17-34(2)18-16-25)24-9-11-26(39-3)12-10-24)29-19-27(40-4)13-14-30(29)35(21)32(38)22-5-7-23(33)8-6-22/h5-14,19,25H,15-18,20H2,1-4H3. The third kappa shape index (κ3) is 5.44. The normalized spacial score (nSPS) is 14.3. The number of piperidine rings is 1. The van der Waals surface area contributed by atoms with Gasteiger partial charge in [-0.3, -0.25) is 14.2 Å². The van der Waals surface area contributed by atoms with Crippen LogP contribution in [0.2, 0.25) is 5.02 Å². The summed E-state index contributed by atoms with van der Waals surface area (Å²) >= 11 is 6.07. The van der Waals surface area contributed by atoms with E-state index >= 15 is 0 Å². The number of amides is 1. The first kappa shape index (κ1) is 27.7. The Morgan fingerprint density at radius 2 is 1.55 bits per heavy atom. The Labute approximate surface area is 239 Å². The van der Waals surface area contributed by atoms with Crippen LogP contribution in [0, 0.1) is 6.92 Å². The number of carbonyl (C=O) groups is 2. The summed E-state index contributed by atoms with van der Waals surface area (Å²) in [5.74, 6) is 1.22. The molecule has 0 unspecified atom stereocenters. The van der Waals surface area contributed by atoms with Crippen molar-refractivity contribution in [3.8, 4) is 11.5 Å². The van der Waals surface area contributed by atoms with Crippen molar-refractivity contribution < 1.29 is 19.1 Å².